The normalized spacial score (nSPS) is 14.8. The van der Waals surface area contributed by atoms with Gasteiger partial charge in [-0.05, 0) is 43.4 Å². The van der Waals surface area contributed by atoms with Crippen molar-refractivity contribution in [3.8, 4) is 5.75 Å². The van der Waals surface area contributed by atoms with Gasteiger partial charge in [0.15, 0.2) is 0 Å². The van der Waals surface area contributed by atoms with Gasteiger partial charge < -0.3 is 20.5 Å². The largest absolute Gasteiger partial charge is 0.493 e. The molecule has 1 saturated heterocycles. The maximum absolute atomic E-state index is 12.4. The number of hydrogen-bond acceptors (Lipinski definition) is 5. The number of carbonyl (C=O) groups is 1. The Kier molecular flexibility index (Phi) is 5.96. The highest BCUT2D eigenvalue weighted by Crippen LogP contribution is 2.25. The first-order chi connectivity index (χ1) is 12.5. The Morgan fingerprint density at radius 1 is 1.38 bits per heavy atom. The highest BCUT2D eigenvalue weighted by atomic mass is 35.5. The van der Waals surface area contributed by atoms with Gasteiger partial charge in [0.25, 0.3) is 5.91 Å². The summed E-state index contributed by atoms with van der Waals surface area (Å²) in [5.74, 6) is 1.16. The van der Waals surface area contributed by atoms with Crippen molar-refractivity contribution in [3.05, 3.63) is 46.6 Å². The number of hydrogen-bond donors (Lipinski definition) is 2. The number of pyridine rings is 1. The molecule has 1 aliphatic heterocycles. The van der Waals surface area contributed by atoms with E-state index in [1.54, 1.807) is 0 Å². The molecule has 0 spiro atoms. The van der Waals surface area contributed by atoms with E-state index in [0.29, 0.717) is 23.8 Å². The molecule has 0 aliphatic carbocycles. The van der Waals surface area contributed by atoms with E-state index >= 15 is 0 Å². The third-order valence-electron chi connectivity index (χ3n) is 4.39. The van der Waals surface area contributed by atoms with Crippen molar-refractivity contribution in [3.63, 3.8) is 0 Å². The SMILES string of the molecule is Cc1ccc(NC(=O)c2cnc(N)c(Cl)c2)cc1OCC1CCOCC1. The summed E-state index contributed by atoms with van der Waals surface area (Å²) in [4.78, 5) is 16.3. The molecule has 0 radical (unpaired) electrons. The lowest BCUT2D eigenvalue weighted by atomic mass is 10.0. The molecule has 1 aromatic carbocycles. The number of amides is 1. The lowest BCUT2D eigenvalue weighted by molar-refractivity contribution is 0.0496. The molecular weight excluding hydrogens is 354 g/mol. The Labute approximate surface area is 157 Å². The molecule has 1 aromatic heterocycles. The van der Waals surface area contributed by atoms with Crippen LogP contribution in [0.1, 0.15) is 28.8 Å². The maximum atomic E-state index is 12.4. The zero-order valence-electron chi connectivity index (χ0n) is 14.6. The van der Waals surface area contributed by atoms with E-state index in [1.165, 1.54) is 12.3 Å². The highest BCUT2D eigenvalue weighted by molar-refractivity contribution is 6.33. The number of aromatic nitrogens is 1. The summed E-state index contributed by atoms with van der Waals surface area (Å²) in [6, 6.07) is 7.08. The minimum Gasteiger partial charge on any atom is -0.493 e. The van der Waals surface area contributed by atoms with E-state index in [9.17, 15) is 4.79 Å². The molecule has 2 aromatic rings. The smallest absolute Gasteiger partial charge is 0.257 e. The lowest BCUT2D eigenvalue weighted by Gasteiger charge is -2.22. The Morgan fingerprint density at radius 2 is 2.15 bits per heavy atom. The second kappa shape index (κ2) is 8.38. The van der Waals surface area contributed by atoms with Crippen LogP contribution in [-0.2, 0) is 4.74 Å². The maximum Gasteiger partial charge on any atom is 0.257 e. The summed E-state index contributed by atoms with van der Waals surface area (Å²) in [6.07, 6.45) is 3.42. The first kappa shape index (κ1) is 18.5. The second-order valence-electron chi connectivity index (χ2n) is 6.39. The number of nitrogens with two attached hydrogens (primary N) is 1. The zero-order chi connectivity index (χ0) is 18.5. The number of rotatable bonds is 5. The molecule has 1 aliphatic rings. The molecule has 26 heavy (non-hydrogen) atoms. The van der Waals surface area contributed by atoms with Crippen LogP contribution in [0.2, 0.25) is 5.02 Å². The van der Waals surface area contributed by atoms with Gasteiger partial charge in [-0.25, -0.2) is 4.98 Å². The molecule has 0 unspecified atom stereocenters. The molecule has 1 amide bonds. The molecule has 3 N–H and O–H groups in total. The Bertz CT molecular complexity index is 792. The molecule has 3 rings (SSSR count). The predicted molar refractivity (Wildman–Crippen MR) is 102 cm³/mol. The third kappa shape index (κ3) is 4.65. The second-order valence-corrected chi connectivity index (χ2v) is 6.80. The third-order valence-corrected chi connectivity index (χ3v) is 4.70. The fraction of sp³-hybridized carbons (Fsp3) is 0.368. The van der Waals surface area contributed by atoms with Gasteiger partial charge in [0, 0.05) is 31.2 Å². The molecule has 2 heterocycles. The van der Waals surface area contributed by atoms with Crippen LogP contribution in [0.3, 0.4) is 0 Å². The summed E-state index contributed by atoms with van der Waals surface area (Å²) in [5, 5.41) is 3.08. The standard InChI is InChI=1S/C19H22ClN3O3/c1-12-2-3-15(9-17(12)26-11-13-4-6-25-7-5-13)23-19(24)14-8-16(20)18(21)22-10-14/h2-3,8-10,13H,4-7,11H2,1H3,(H2,21,22)(H,23,24). The van der Waals surface area contributed by atoms with E-state index in [-0.39, 0.29) is 16.7 Å². The number of carbonyl (C=O) groups excluding carboxylic acids is 1. The van der Waals surface area contributed by atoms with Gasteiger partial charge in [0.05, 0.1) is 17.2 Å². The minimum absolute atomic E-state index is 0.197. The molecule has 0 atom stereocenters. The van der Waals surface area contributed by atoms with Crippen molar-refractivity contribution in [2.45, 2.75) is 19.8 Å². The first-order valence-electron chi connectivity index (χ1n) is 8.56. The quantitative estimate of drug-likeness (QED) is 0.832. The number of ether oxygens (including phenoxy) is 2. The van der Waals surface area contributed by atoms with Crippen LogP contribution < -0.4 is 15.8 Å². The molecule has 1 fully saturated rings. The van der Waals surface area contributed by atoms with Gasteiger partial charge >= 0.3 is 0 Å². The van der Waals surface area contributed by atoms with Crippen LogP contribution >= 0.6 is 11.6 Å². The fourth-order valence-corrected chi connectivity index (χ4v) is 2.90. The van der Waals surface area contributed by atoms with Crippen LogP contribution in [-0.4, -0.2) is 30.7 Å². The molecule has 0 saturated carbocycles. The topological polar surface area (TPSA) is 86.5 Å². The van der Waals surface area contributed by atoms with Gasteiger partial charge in [0.1, 0.15) is 11.6 Å². The molecular formula is C19H22ClN3O3. The zero-order valence-corrected chi connectivity index (χ0v) is 15.4. The summed E-state index contributed by atoms with van der Waals surface area (Å²) in [5.41, 5.74) is 7.58. The molecule has 6 nitrogen and oxygen atoms in total. The van der Waals surface area contributed by atoms with Crippen molar-refractivity contribution < 1.29 is 14.3 Å². The van der Waals surface area contributed by atoms with Crippen molar-refractivity contribution in [1.29, 1.82) is 0 Å². The average molecular weight is 376 g/mol. The van der Waals surface area contributed by atoms with E-state index in [2.05, 4.69) is 10.3 Å². The molecule has 7 heteroatoms. The number of anilines is 2. The number of nitrogens with one attached hydrogen (secondary N) is 1. The molecule has 0 bridgehead atoms. The predicted octanol–water partition coefficient (Wildman–Crippen LogP) is 3.68. The number of aryl methyl sites for hydroxylation is 1. The van der Waals surface area contributed by atoms with Crippen LogP contribution in [0.4, 0.5) is 11.5 Å². The Morgan fingerprint density at radius 3 is 2.88 bits per heavy atom. The van der Waals surface area contributed by atoms with Crippen LogP contribution in [0, 0.1) is 12.8 Å². The van der Waals surface area contributed by atoms with Crippen LogP contribution in [0.15, 0.2) is 30.5 Å². The number of nitrogen functional groups attached to an aromatic ring is 1. The van der Waals surface area contributed by atoms with E-state index in [4.69, 9.17) is 26.8 Å². The summed E-state index contributed by atoms with van der Waals surface area (Å²) < 4.78 is 11.4. The lowest BCUT2D eigenvalue weighted by Crippen LogP contribution is -2.21. The van der Waals surface area contributed by atoms with Crippen molar-refractivity contribution in [2.24, 2.45) is 5.92 Å². The first-order valence-corrected chi connectivity index (χ1v) is 8.94. The highest BCUT2D eigenvalue weighted by Gasteiger charge is 2.15. The Balaban J connectivity index is 1.66. The van der Waals surface area contributed by atoms with Gasteiger partial charge in [0.2, 0.25) is 0 Å². The van der Waals surface area contributed by atoms with Gasteiger partial charge in [-0.3, -0.25) is 4.79 Å². The van der Waals surface area contributed by atoms with E-state index in [1.807, 2.05) is 25.1 Å². The van der Waals surface area contributed by atoms with Crippen molar-refractivity contribution in [1.82, 2.24) is 4.98 Å². The van der Waals surface area contributed by atoms with E-state index in [0.717, 1.165) is 37.4 Å². The number of benzene rings is 1. The van der Waals surface area contributed by atoms with Crippen LogP contribution in [0.25, 0.3) is 0 Å². The molecule has 138 valence electrons. The summed E-state index contributed by atoms with van der Waals surface area (Å²) in [6.45, 7) is 4.22. The van der Waals surface area contributed by atoms with Gasteiger partial charge in [-0.2, -0.15) is 0 Å². The monoisotopic (exact) mass is 375 g/mol. The Hall–Kier alpha value is -2.31. The summed E-state index contributed by atoms with van der Waals surface area (Å²) >= 11 is 5.93. The van der Waals surface area contributed by atoms with Crippen molar-refractivity contribution >= 4 is 29.0 Å². The van der Waals surface area contributed by atoms with E-state index < -0.39 is 0 Å². The number of halogens is 1. The van der Waals surface area contributed by atoms with Crippen LogP contribution in [0.5, 0.6) is 5.75 Å². The fourth-order valence-electron chi connectivity index (χ4n) is 2.73. The van der Waals surface area contributed by atoms with Gasteiger partial charge in [-0.15, -0.1) is 0 Å². The number of nitrogens with zero attached hydrogens (tertiary/aromatic N) is 1. The minimum atomic E-state index is -0.307. The average Bonchev–Trinajstić information content (AvgIpc) is 2.65. The van der Waals surface area contributed by atoms with Crippen molar-refractivity contribution in [2.75, 3.05) is 30.9 Å². The summed E-state index contributed by atoms with van der Waals surface area (Å²) in [7, 11) is 0. The van der Waals surface area contributed by atoms with Gasteiger partial charge in [-0.1, -0.05) is 17.7 Å².